The third-order valence-corrected chi connectivity index (χ3v) is 8.13. The van der Waals surface area contributed by atoms with E-state index in [1.165, 1.54) is 36.1 Å². The van der Waals surface area contributed by atoms with Crippen LogP contribution in [0.4, 0.5) is 5.69 Å². The van der Waals surface area contributed by atoms with Crippen LogP contribution >= 0.6 is 23.5 Å². The first kappa shape index (κ1) is 20.3. The first-order valence-electron chi connectivity index (χ1n) is 9.74. The van der Waals surface area contributed by atoms with Crippen LogP contribution in [0.5, 0.6) is 0 Å². The van der Waals surface area contributed by atoms with Gasteiger partial charge in [-0.3, -0.25) is 4.79 Å². The second-order valence-corrected chi connectivity index (χ2v) is 9.96. The molecule has 4 heteroatoms. The van der Waals surface area contributed by atoms with Crippen molar-refractivity contribution in [1.82, 2.24) is 0 Å². The Balaban J connectivity index is 1.56. The van der Waals surface area contributed by atoms with E-state index < -0.39 is 0 Å². The molecule has 144 valence electrons. The van der Waals surface area contributed by atoms with Gasteiger partial charge < -0.3 is 5.32 Å². The summed E-state index contributed by atoms with van der Waals surface area (Å²) in [4.78, 5) is 13.9. The number of nitrogens with one attached hydrogen (secondary N) is 1. The van der Waals surface area contributed by atoms with E-state index in [4.69, 9.17) is 0 Å². The largest absolute Gasteiger partial charge is 0.325 e. The Bertz CT molecular complexity index is 752. The van der Waals surface area contributed by atoms with Gasteiger partial charge in [-0.25, -0.2) is 0 Å². The van der Waals surface area contributed by atoms with Crippen LogP contribution in [0.3, 0.4) is 0 Å². The standard InChI is InChI=1S/C23H29NOS2/c1-16-11-13-19(14-12-16)27-21-10-5-4-9-20(21)26-15-22(25)24-23-17(2)7-6-8-18(23)3/h6-8,11-14,20-21H,4-5,9-10,15H2,1-3H3,(H,24,25)/t20-,21-/m1/s1. The average Bonchev–Trinajstić information content (AvgIpc) is 2.66. The number of hydrogen-bond donors (Lipinski definition) is 1. The van der Waals surface area contributed by atoms with Gasteiger partial charge in [0, 0.05) is 21.1 Å². The quantitative estimate of drug-likeness (QED) is 0.610. The number of anilines is 1. The Morgan fingerprint density at radius 3 is 2.26 bits per heavy atom. The minimum Gasteiger partial charge on any atom is -0.325 e. The van der Waals surface area contributed by atoms with Crippen LogP contribution in [-0.2, 0) is 4.79 Å². The molecule has 1 N–H and O–H groups in total. The molecule has 1 aliphatic carbocycles. The molecule has 0 aromatic heterocycles. The van der Waals surface area contributed by atoms with E-state index in [1.807, 2.05) is 55.6 Å². The molecule has 0 heterocycles. The Morgan fingerprint density at radius 2 is 1.59 bits per heavy atom. The van der Waals surface area contributed by atoms with Gasteiger partial charge >= 0.3 is 0 Å². The minimum atomic E-state index is 0.113. The lowest BCUT2D eigenvalue weighted by Crippen LogP contribution is -2.27. The zero-order valence-corrected chi connectivity index (χ0v) is 18.1. The van der Waals surface area contributed by atoms with E-state index in [9.17, 15) is 4.79 Å². The summed E-state index contributed by atoms with van der Waals surface area (Å²) in [5.74, 6) is 0.644. The number of aryl methyl sites for hydroxylation is 3. The molecular formula is C23H29NOS2. The van der Waals surface area contributed by atoms with Gasteiger partial charge in [-0.05, 0) is 56.9 Å². The maximum Gasteiger partial charge on any atom is 0.234 e. The van der Waals surface area contributed by atoms with Crippen LogP contribution in [0.1, 0.15) is 42.4 Å². The summed E-state index contributed by atoms with van der Waals surface area (Å²) < 4.78 is 0. The lowest BCUT2D eigenvalue weighted by molar-refractivity contribution is -0.113. The molecule has 1 fully saturated rings. The topological polar surface area (TPSA) is 29.1 Å². The fraction of sp³-hybridized carbons (Fsp3) is 0.435. The molecule has 1 amide bonds. The third-order valence-electron chi connectivity index (χ3n) is 5.12. The van der Waals surface area contributed by atoms with Gasteiger partial charge in [0.05, 0.1) is 5.75 Å². The molecule has 0 saturated heterocycles. The van der Waals surface area contributed by atoms with Gasteiger partial charge in [-0.1, -0.05) is 48.7 Å². The molecular weight excluding hydrogens is 370 g/mol. The molecule has 0 unspecified atom stereocenters. The molecule has 2 atom stereocenters. The van der Waals surface area contributed by atoms with E-state index in [-0.39, 0.29) is 5.91 Å². The van der Waals surface area contributed by atoms with E-state index in [0.717, 1.165) is 16.8 Å². The molecule has 0 radical (unpaired) electrons. The maximum atomic E-state index is 12.5. The summed E-state index contributed by atoms with van der Waals surface area (Å²) in [6.07, 6.45) is 5.04. The molecule has 2 nitrogen and oxygen atoms in total. The smallest absolute Gasteiger partial charge is 0.234 e. The number of carbonyl (C=O) groups excluding carboxylic acids is 1. The summed E-state index contributed by atoms with van der Waals surface area (Å²) in [7, 11) is 0. The highest BCUT2D eigenvalue weighted by molar-refractivity contribution is 8.04. The van der Waals surface area contributed by atoms with Crippen molar-refractivity contribution in [2.24, 2.45) is 0 Å². The summed E-state index contributed by atoms with van der Waals surface area (Å²) in [6, 6.07) is 14.9. The number of benzene rings is 2. The Morgan fingerprint density at radius 1 is 0.963 bits per heavy atom. The number of carbonyl (C=O) groups is 1. The number of thioether (sulfide) groups is 2. The predicted molar refractivity (Wildman–Crippen MR) is 120 cm³/mol. The highest BCUT2D eigenvalue weighted by Gasteiger charge is 2.27. The number of hydrogen-bond acceptors (Lipinski definition) is 3. The highest BCUT2D eigenvalue weighted by atomic mass is 32.2. The SMILES string of the molecule is Cc1ccc(S[C@@H]2CCCC[C@H]2SCC(=O)Nc2c(C)cccc2C)cc1. The molecule has 2 aromatic carbocycles. The van der Waals surface area contributed by atoms with Crippen molar-refractivity contribution in [3.63, 3.8) is 0 Å². The maximum absolute atomic E-state index is 12.5. The zero-order chi connectivity index (χ0) is 19.2. The molecule has 27 heavy (non-hydrogen) atoms. The Labute approximate surface area is 171 Å². The van der Waals surface area contributed by atoms with Crippen LogP contribution < -0.4 is 5.32 Å². The Kier molecular flexibility index (Phi) is 7.31. The van der Waals surface area contributed by atoms with Crippen LogP contribution in [0.25, 0.3) is 0 Å². The van der Waals surface area contributed by atoms with E-state index in [1.54, 1.807) is 0 Å². The van der Waals surface area contributed by atoms with Gasteiger partial charge in [0.15, 0.2) is 0 Å². The summed E-state index contributed by atoms with van der Waals surface area (Å²) in [6.45, 7) is 6.22. The van der Waals surface area contributed by atoms with Crippen molar-refractivity contribution in [3.05, 3.63) is 59.2 Å². The lowest BCUT2D eigenvalue weighted by Gasteiger charge is -2.30. The van der Waals surface area contributed by atoms with Gasteiger partial charge in [-0.2, -0.15) is 0 Å². The number of para-hydroxylation sites is 1. The van der Waals surface area contributed by atoms with Gasteiger partial charge in [0.25, 0.3) is 0 Å². The van der Waals surface area contributed by atoms with E-state index >= 15 is 0 Å². The molecule has 0 aliphatic heterocycles. The van der Waals surface area contributed by atoms with E-state index in [2.05, 4.69) is 36.5 Å². The van der Waals surface area contributed by atoms with Crippen molar-refractivity contribution >= 4 is 35.1 Å². The fourth-order valence-corrected chi connectivity index (χ4v) is 6.29. The van der Waals surface area contributed by atoms with Crippen molar-refractivity contribution in [3.8, 4) is 0 Å². The first-order chi connectivity index (χ1) is 13.0. The minimum absolute atomic E-state index is 0.113. The van der Waals surface area contributed by atoms with Crippen molar-refractivity contribution in [2.75, 3.05) is 11.1 Å². The monoisotopic (exact) mass is 399 g/mol. The molecule has 1 saturated carbocycles. The summed E-state index contributed by atoms with van der Waals surface area (Å²) >= 11 is 3.82. The highest BCUT2D eigenvalue weighted by Crippen LogP contribution is 2.39. The average molecular weight is 400 g/mol. The normalized spacial score (nSPS) is 19.7. The first-order valence-corrected chi connectivity index (χ1v) is 11.7. The predicted octanol–water partition coefficient (Wildman–Crippen LogP) is 6.39. The van der Waals surface area contributed by atoms with Crippen LogP contribution in [0.15, 0.2) is 47.4 Å². The van der Waals surface area contributed by atoms with Crippen molar-refractivity contribution in [2.45, 2.75) is 61.8 Å². The van der Waals surface area contributed by atoms with Crippen molar-refractivity contribution < 1.29 is 4.79 Å². The number of amides is 1. The zero-order valence-electron chi connectivity index (χ0n) is 16.5. The fourth-order valence-electron chi connectivity index (χ4n) is 3.55. The second-order valence-electron chi connectivity index (χ2n) is 7.42. The summed E-state index contributed by atoms with van der Waals surface area (Å²) in [5.41, 5.74) is 4.52. The Hall–Kier alpha value is -1.39. The molecule has 0 bridgehead atoms. The van der Waals surface area contributed by atoms with Crippen molar-refractivity contribution in [1.29, 1.82) is 0 Å². The van der Waals surface area contributed by atoms with Crippen LogP contribution in [-0.4, -0.2) is 22.2 Å². The second kappa shape index (κ2) is 9.70. The number of rotatable bonds is 6. The van der Waals surface area contributed by atoms with Gasteiger partial charge in [0.1, 0.15) is 0 Å². The van der Waals surface area contributed by atoms with E-state index in [0.29, 0.717) is 16.3 Å². The molecule has 3 rings (SSSR count). The van der Waals surface area contributed by atoms with Crippen LogP contribution in [0, 0.1) is 20.8 Å². The third kappa shape index (κ3) is 5.79. The molecule has 2 aromatic rings. The van der Waals surface area contributed by atoms with Gasteiger partial charge in [0.2, 0.25) is 5.91 Å². The lowest BCUT2D eigenvalue weighted by atomic mass is 10.00. The van der Waals surface area contributed by atoms with Crippen LogP contribution in [0.2, 0.25) is 0 Å². The molecule has 0 spiro atoms. The molecule has 1 aliphatic rings. The summed E-state index contributed by atoms with van der Waals surface area (Å²) in [5, 5.41) is 4.27. The van der Waals surface area contributed by atoms with Gasteiger partial charge in [-0.15, -0.1) is 23.5 Å².